The molecule has 0 aliphatic carbocycles. The molecule has 1 aromatic carbocycles. The summed E-state index contributed by atoms with van der Waals surface area (Å²) in [5.74, 6) is 0.424. The quantitative estimate of drug-likeness (QED) is 0.926. The molecule has 116 valence electrons. The van der Waals surface area contributed by atoms with Crippen LogP contribution in [0.15, 0.2) is 30.3 Å². The maximum Gasteiger partial charge on any atom is 0.264 e. The minimum absolute atomic E-state index is 0.145. The zero-order valence-corrected chi connectivity index (χ0v) is 13.7. The van der Waals surface area contributed by atoms with Gasteiger partial charge < -0.3 is 14.9 Å². The number of hydrogen-bond acceptors (Lipinski definition) is 4. The van der Waals surface area contributed by atoms with Gasteiger partial charge in [0.25, 0.3) is 5.91 Å². The molecule has 2 heterocycles. The summed E-state index contributed by atoms with van der Waals surface area (Å²) in [6.45, 7) is 7.20. The van der Waals surface area contributed by atoms with Crippen LogP contribution in [-0.2, 0) is 0 Å². The number of phenols is 1. The van der Waals surface area contributed by atoms with E-state index in [0.29, 0.717) is 0 Å². The molecule has 0 atom stereocenters. The fourth-order valence-electron chi connectivity index (χ4n) is 2.67. The average Bonchev–Trinajstić information content (AvgIpc) is 2.87. The summed E-state index contributed by atoms with van der Waals surface area (Å²) in [5, 5.41) is 9.35. The Labute approximate surface area is 134 Å². The van der Waals surface area contributed by atoms with Crippen LogP contribution < -0.4 is 4.90 Å². The van der Waals surface area contributed by atoms with Gasteiger partial charge in [-0.15, -0.1) is 11.3 Å². The van der Waals surface area contributed by atoms with Crippen LogP contribution in [0.3, 0.4) is 0 Å². The number of nitrogens with zero attached hydrogens (tertiary/aromatic N) is 2. The van der Waals surface area contributed by atoms with E-state index in [2.05, 4.69) is 11.8 Å². The van der Waals surface area contributed by atoms with Gasteiger partial charge >= 0.3 is 0 Å². The molecular formula is C17H20N2O2S. The molecule has 0 unspecified atom stereocenters. The second kappa shape index (κ2) is 6.01. The fourth-order valence-corrected chi connectivity index (χ4v) is 3.67. The highest BCUT2D eigenvalue weighted by molar-refractivity contribution is 7.14. The first-order chi connectivity index (χ1) is 10.5. The van der Waals surface area contributed by atoms with Crippen molar-refractivity contribution in [2.45, 2.75) is 13.8 Å². The number of hydrogen-bond donors (Lipinski definition) is 1. The monoisotopic (exact) mass is 316 g/mol. The summed E-state index contributed by atoms with van der Waals surface area (Å²) in [5.41, 5.74) is 2.28. The van der Waals surface area contributed by atoms with E-state index in [1.54, 1.807) is 23.5 Å². The minimum Gasteiger partial charge on any atom is -0.508 e. The number of aromatic hydroxyl groups is 1. The van der Waals surface area contributed by atoms with Gasteiger partial charge in [0.2, 0.25) is 0 Å². The number of carbonyl (C=O) groups is 1. The fraction of sp³-hybridized carbons (Fsp3) is 0.353. The summed E-state index contributed by atoms with van der Waals surface area (Å²) >= 11 is 1.58. The maximum atomic E-state index is 12.5. The van der Waals surface area contributed by atoms with Gasteiger partial charge in [-0.1, -0.05) is 0 Å². The Bertz CT molecular complexity index is 651. The number of anilines is 1. The number of rotatable bonds is 2. The molecule has 4 nitrogen and oxygen atoms in total. The predicted octanol–water partition coefficient (Wildman–Crippen LogP) is 3.03. The van der Waals surface area contributed by atoms with Crippen molar-refractivity contribution in [1.29, 1.82) is 0 Å². The third kappa shape index (κ3) is 2.95. The number of amides is 1. The van der Waals surface area contributed by atoms with E-state index in [-0.39, 0.29) is 11.7 Å². The molecule has 0 bridgehead atoms. The van der Waals surface area contributed by atoms with Crippen LogP contribution in [-0.4, -0.2) is 42.1 Å². The third-order valence-electron chi connectivity index (χ3n) is 4.16. The van der Waals surface area contributed by atoms with E-state index < -0.39 is 0 Å². The van der Waals surface area contributed by atoms with E-state index in [1.165, 1.54) is 10.4 Å². The molecule has 1 fully saturated rings. The van der Waals surface area contributed by atoms with E-state index in [9.17, 15) is 9.90 Å². The Balaban J connectivity index is 1.64. The Morgan fingerprint density at radius 3 is 2.27 bits per heavy atom. The number of carbonyl (C=O) groups excluding carboxylic acids is 1. The largest absolute Gasteiger partial charge is 0.508 e. The third-order valence-corrected chi connectivity index (χ3v) is 5.30. The van der Waals surface area contributed by atoms with Crippen LogP contribution in [0.5, 0.6) is 5.75 Å². The first kappa shape index (κ1) is 14.9. The van der Waals surface area contributed by atoms with Crippen LogP contribution in [0.1, 0.15) is 20.1 Å². The number of thiophene rings is 1. The standard InChI is InChI=1S/C17H20N2O2S/c1-12-11-16(22-13(12)2)17(21)19-9-7-18(8-10-19)14-3-5-15(20)6-4-14/h3-6,11,20H,7-10H2,1-2H3. The highest BCUT2D eigenvalue weighted by Gasteiger charge is 2.23. The molecule has 1 N–H and O–H groups in total. The summed E-state index contributed by atoms with van der Waals surface area (Å²) in [7, 11) is 0. The van der Waals surface area contributed by atoms with Crippen molar-refractivity contribution in [1.82, 2.24) is 4.90 Å². The lowest BCUT2D eigenvalue weighted by molar-refractivity contribution is 0.0751. The van der Waals surface area contributed by atoms with Crippen molar-refractivity contribution >= 4 is 22.9 Å². The average molecular weight is 316 g/mol. The number of phenolic OH excluding ortho intramolecular Hbond substituents is 1. The van der Waals surface area contributed by atoms with Gasteiger partial charge in [0.15, 0.2) is 0 Å². The molecule has 1 amide bonds. The van der Waals surface area contributed by atoms with E-state index >= 15 is 0 Å². The molecule has 1 aromatic heterocycles. The van der Waals surface area contributed by atoms with Crippen LogP contribution in [0.25, 0.3) is 0 Å². The van der Waals surface area contributed by atoms with Gasteiger partial charge in [0.05, 0.1) is 4.88 Å². The second-order valence-electron chi connectivity index (χ2n) is 5.65. The molecule has 2 aromatic rings. The second-order valence-corrected chi connectivity index (χ2v) is 6.90. The van der Waals surface area contributed by atoms with Crippen molar-refractivity contribution in [3.63, 3.8) is 0 Å². The number of piperazine rings is 1. The summed E-state index contributed by atoms with van der Waals surface area (Å²) in [6, 6.07) is 9.22. The SMILES string of the molecule is Cc1cc(C(=O)N2CCN(c3ccc(O)cc3)CC2)sc1C. The highest BCUT2D eigenvalue weighted by Crippen LogP contribution is 2.24. The van der Waals surface area contributed by atoms with Crippen molar-refractivity contribution in [3.8, 4) is 5.75 Å². The van der Waals surface area contributed by atoms with Crippen LogP contribution in [0, 0.1) is 13.8 Å². The predicted molar refractivity (Wildman–Crippen MR) is 90.0 cm³/mol. The molecule has 3 rings (SSSR count). The first-order valence-corrected chi connectivity index (χ1v) is 8.26. The van der Waals surface area contributed by atoms with Crippen LogP contribution >= 0.6 is 11.3 Å². The Morgan fingerprint density at radius 1 is 1.09 bits per heavy atom. The topological polar surface area (TPSA) is 43.8 Å². The minimum atomic E-state index is 0.145. The van der Waals surface area contributed by atoms with Crippen molar-refractivity contribution in [2.75, 3.05) is 31.1 Å². The lowest BCUT2D eigenvalue weighted by Gasteiger charge is -2.36. The normalized spacial score (nSPS) is 15.2. The Kier molecular flexibility index (Phi) is 4.07. The van der Waals surface area contributed by atoms with E-state index in [4.69, 9.17) is 0 Å². The summed E-state index contributed by atoms with van der Waals surface area (Å²) < 4.78 is 0. The molecular weight excluding hydrogens is 296 g/mol. The van der Waals surface area contributed by atoms with Crippen molar-refractivity contribution in [3.05, 3.63) is 45.6 Å². The van der Waals surface area contributed by atoms with Crippen LogP contribution in [0.2, 0.25) is 0 Å². The molecule has 0 saturated carbocycles. The number of benzene rings is 1. The molecule has 0 radical (unpaired) electrons. The highest BCUT2D eigenvalue weighted by atomic mass is 32.1. The molecule has 0 spiro atoms. The van der Waals surface area contributed by atoms with Gasteiger partial charge in [-0.05, 0) is 49.7 Å². The smallest absolute Gasteiger partial charge is 0.264 e. The lowest BCUT2D eigenvalue weighted by Crippen LogP contribution is -2.48. The van der Waals surface area contributed by atoms with Gasteiger partial charge in [0.1, 0.15) is 5.75 Å². The van der Waals surface area contributed by atoms with E-state index in [1.807, 2.05) is 30.0 Å². The first-order valence-electron chi connectivity index (χ1n) is 7.45. The van der Waals surface area contributed by atoms with Gasteiger partial charge in [-0.2, -0.15) is 0 Å². The molecule has 5 heteroatoms. The Morgan fingerprint density at radius 2 is 1.73 bits per heavy atom. The molecule has 1 aliphatic heterocycles. The van der Waals surface area contributed by atoms with Crippen molar-refractivity contribution < 1.29 is 9.90 Å². The maximum absolute atomic E-state index is 12.5. The zero-order valence-electron chi connectivity index (χ0n) is 12.9. The van der Waals surface area contributed by atoms with Gasteiger partial charge in [-0.25, -0.2) is 0 Å². The van der Waals surface area contributed by atoms with Gasteiger partial charge in [0, 0.05) is 36.7 Å². The summed E-state index contributed by atoms with van der Waals surface area (Å²) in [4.78, 5) is 18.8. The lowest BCUT2D eigenvalue weighted by atomic mass is 10.2. The summed E-state index contributed by atoms with van der Waals surface area (Å²) in [6.07, 6.45) is 0. The number of aryl methyl sites for hydroxylation is 2. The van der Waals surface area contributed by atoms with E-state index in [0.717, 1.165) is 36.7 Å². The van der Waals surface area contributed by atoms with Gasteiger partial charge in [-0.3, -0.25) is 4.79 Å². The zero-order chi connectivity index (χ0) is 15.7. The molecule has 1 aliphatic rings. The Hall–Kier alpha value is -2.01. The van der Waals surface area contributed by atoms with Crippen LogP contribution in [0.4, 0.5) is 5.69 Å². The van der Waals surface area contributed by atoms with Crippen molar-refractivity contribution in [2.24, 2.45) is 0 Å². The molecule has 22 heavy (non-hydrogen) atoms. The molecule has 1 saturated heterocycles.